The van der Waals surface area contributed by atoms with Gasteiger partial charge in [0.2, 0.25) is 0 Å². The van der Waals surface area contributed by atoms with E-state index in [1.165, 1.54) is 33.4 Å². The van der Waals surface area contributed by atoms with Gasteiger partial charge in [0.1, 0.15) is 11.5 Å². The number of aryl methyl sites for hydroxylation is 2. The maximum atomic E-state index is 6.21. The molecule has 0 bridgehead atoms. The molecular formula is C28H38O2. The Morgan fingerprint density at radius 2 is 1.23 bits per heavy atom. The predicted octanol–water partition coefficient (Wildman–Crippen LogP) is 6.87. The standard InChI is InChI=1S/C28H38O2/c1-9-27(5,6)21-13-11-19-15-17-28(23(19)25(21)30-8)16-14-18-10-12-20(26(2,3)4)24(29-7)22(18)28/h10-13H,9,14-17H2,1-8H3. The Bertz CT molecular complexity index is 973. The Kier molecular flexibility index (Phi) is 4.99. The fourth-order valence-corrected chi connectivity index (χ4v) is 5.90. The molecule has 0 saturated heterocycles. The predicted molar refractivity (Wildman–Crippen MR) is 125 cm³/mol. The van der Waals surface area contributed by atoms with Crippen LogP contribution in [0.2, 0.25) is 0 Å². The van der Waals surface area contributed by atoms with E-state index in [0.29, 0.717) is 0 Å². The van der Waals surface area contributed by atoms with E-state index in [9.17, 15) is 0 Å². The molecule has 1 unspecified atom stereocenters. The lowest BCUT2D eigenvalue weighted by Gasteiger charge is -2.34. The van der Waals surface area contributed by atoms with Gasteiger partial charge in [-0.15, -0.1) is 0 Å². The van der Waals surface area contributed by atoms with Gasteiger partial charge in [-0.3, -0.25) is 0 Å². The lowest BCUT2D eigenvalue weighted by Crippen LogP contribution is -2.26. The lowest BCUT2D eigenvalue weighted by molar-refractivity contribution is 0.361. The van der Waals surface area contributed by atoms with Crippen LogP contribution in [0.15, 0.2) is 24.3 Å². The summed E-state index contributed by atoms with van der Waals surface area (Å²) >= 11 is 0. The van der Waals surface area contributed by atoms with Gasteiger partial charge in [-0.25, -0.2) is 0 Å². The number of hydrogen-bond donors (Lipinski definition) is 0. The summed E-state index contributed by atoms with van der Waals surface area (Å²) in [7, 11) is 3.70. The normalized spacial score (nSPS) is 20.4. The van der Waals surface area contributed by atoms with E-state index in [1.807, 2.05) is 14.2 Å². The summed E-state index contributed by atoms with van der Waals surface area (Å²) in [5.41, 5.74) is 8.56. The monoisotopic (exact) mass is 406 g/mol. The minimum Gasteiger partial charge on any atom is -0.496 e. The molecule has 0 fully saturated rings. The zero-order valence-corrected chi connectivity index (χ0v) is 20.2. The molecule has 0 radical (unpaired) electrons. The van der Waals surface area contributed by atoms with Crippen LogP contribution < -0.4 is 9.47 Å². The fraction of sp³-hybridized carbons (Fsp3) is 0.571. The molecule has 0 heterocycles. The summed E-state index contributed by atoms with van der Waals surface area (Å²) in [5.74, 6) is 2.22. The fourth-order valence-electron chi connectivity index (χ4n) is 5.90. The molecule has 2 heteroatoms. The quantitative estimate of drug-likeness (QED) is 0.552. The van der Waals surface area contributed by atoms with Gasteiger partial charge < -0.3 is 9.47 Å². The van der Waals surface area contributed by atoms with Gasteiger partial charge in [0.25, 0.3) is 0 Å². The molecule has 4 rings (SSSR count). The van der Waals surface area contributed by atoms with Crippen molar-refractivity contribution in [3.63, 3.8) is 0 Å². The van der Waals surface area contributed by atoms with E-state index < -0.39 is 0 Å². The van der Waals surface area contributed by atoms with E-state index in [4.69, 9.17) is 9.47 Å². The summed E-state index contributed by atoms with van der Waals surface area (Å²) in [6.07, 6.45) is 5.60. The molecule has 30 heavy (non-hydrogen) atoms. The molecule has 2 nitrogen and oxygen atoms in total. The number of hydrogen-bond acceptors (Lipinski definition) is 2. The van der Waals surface area contributed by atoms with Crippen LogP contribution in [0.25, 0.3) is 0 Å². The Labute approximate surface area is 183 Å². The Morgan fingerprint density at radius 1 is 0.767 bits per heavy atom. The number of ether oxygens (including phenoxy) is 2. The van der Waals surface area contributed by atoms with Crippen molar-refractivity contribution in [2.75, 3.05) is 14.2 Å². The Morgan fingerprint density at radius 3 is 1.67 bits per heavy atom. The van der Waals surface area contributed by atoms with Crippen LogP contribution in [-0.2, 0) is 29.1 Å². The molecule has 0 aliphatic heterocycles. The number of methoxy groups -OCH3 is 2. The molecule has 0 amide bonds. The smallest absolute Gasteiger partial charge is 0.126 e. The second-order valence-electron chi connectivity index (χ2n) is 10.9. The van der Waals surface area contributed by atoms with Gasteiger partial charge in [-0.2, -0.15) is 0 Å². The second kappa shape index (κ2) is 7.04. The van der Waals surface area contributed by atoms with Crippen molar-refractivity contribution in [1.29, 1.82) is 0 Å². The van der Waals surface area contributed by atoms with Crippen LogP contribution in [0.1, 0.15) is 94.2 Å². The summed E-state index contributed by atoms with van der Waals surface area (Å²) in [6, 6.07) is 9.34. The average Bonchev–Trinajstić information content (AvgIpc) is 3.28. The largest absolute Gasteiger partial charge is 0.496 e. The zero-order valence-electron chi connectivity index (χ0n) is 20.2. The molecule has 162 valence electrons. The van der Waals surface area contributed by atoms with Gasteiger partial charge in [0, 0.05) is 22.1 Å². The second-order valence-corrected chi connectivity index (χ2v) is 10.9. The van der Waals surface area contributed by atoms with Gasteiger partial charge >= 0.3 is 0 Å². The van der Waals surface area contributed by atoms with Gasteiger partial charge in [-0.05, 0) is 59.6 Å². The highest BCUT2D eigenvalue weighted by Gasteiger charge is 2.50. The van der Waals surface area contributed by atoms with Gasteiger partial charge in [0.15, 0.2) is 0 Å². The average molecular weight is 407 g/mol. The molecule has 1 spiro atoms. The molecule has 0 aromatic heterocycles. The first-order chi connectivity index (χ1) is 14.1. The molecule has 2 aliphatic carbocycles. The van der Waals surface area contributed by atoms with Crippen LogP contribution in [0.3, 0.4) is 0 Å². The molecule has 2 aromatic carbocycles. The third-order valence-electron chi connectivity index (χ3n) is 7.92. The van der Waals surface area contributed by atoms with Crippen LogP contribution >= 0.6 is 0 Å². The topological polar surface area (TPSA) is 18.5 Å². The van der Waals surface area contributed by atoms with Crippen LogP contribution in [0, 0.1) is 0 Å². The van der Waals surface area contributed by atoms with Crippen molar-refractivity contribution in [2.45, 2.75) is 89.9 Å². The maximum absolute atomic E-state index is 6.21. The van der Waals surface area contributed by atoms with Crippen molar-refractivity contribution in [3.05, 3.63) is 57.6 Å². The van der Waals surface area contributed by atoms with E-state index in [1.54, 1.807) is 0 Å². The van der Waals surface area contributed by atoms with Crippen LogP contribution in [0.5, 0.6) is 11.5 Å². The molecular weight excluding hydrogens is 368 g/mol. The van der Waals surface area contributed by atoms with Crippen LogP contribution in [-0.4, -0.2) is 14.2 Å². The first-order valence-corrected chi connectivity index (χ1v) is 11.5. The van der Waals surface area contributed by atoms with Crippen molar-refractivity contribution in [1.82, 2.24) is 0 Å². The molecule has 2 aromatic rings. The third kappa shape index (κ3) is 2.90. The lowest BCUT2D eigenvalue weighted by atomic mass is 9.71. The zero-order chi connectivity index (χ0) is 21.9. The Balaban J connectivity index is 2.03. The van der Waals surface area contributed by atoms with Gasteiger partial charge in [0.05, 0.1) is 14.2 Å². The highest BCUT2D eigenvalue weighted by Crippen LogP contribution is 2.60. The summed E-state index contributed by atoms with van der Waals surface area (Å²) in [6.45, 7) is 13.8. The summed E-state index contributed by atoms with van der Waals surface area (Å²) in [5, 5.41) is 0. The minimum atomic E-state index is 0.00243. The van der Waals surface area contributed by atoms with Gasteiger partial charge in [-0.1, -0.05) is 65.8 Å². The SMILES string of the molecule is CCC(C)(C)c1ccc2c(c1OC)C1(CCc3ccc(C(C)(C)C)c(OC)c31)CC2. The first-order valence-electron chi connectivity index (χ1n) is 11.5. The number of rotatable bonds is 4. The minimum absolute atomic E-state index is 0.00243. The highest BCUT2D eigenvalue weighted by molar-refractivity contribution is 5.66. The molecule has 0 saturated carbocycles. The van der Waals surface area contributed by atoms with E-state index >= 15 is 0 Å². The first kappa shape index (κ1) is 21.3. The highest BCUT2D eigenvalue weighted by atomic mass is 16.5. The number of fused-ring (bicyclic) bond motifs is 4. The van der Waals surface area contributed by atoms with Crippen molar-refractivity contribution >= 4 is 0 Å². The molecule has 0 N–H and O–H groups in total. The third-order valence-corrected chi connectivity index (χ3v) is 7.92. The van der Waals surface area contributed by atoms with Crippen molar-refractivity contribution < 1.29 is 9.47 Å². The maximum Gasteiger partial charge on any atom is 0.126 e. The molecule has 1 atom stereocenters. The number of benzene rings is 2. The Hall–Kier alpha value is -1.96. The van der Waals surface area contributed by atoms with E-state index in [0.717, 1.165) is 43.6 Å². The van der Waals surface area contributed by atoms with Crippen molar-refractivity contribution in [3.8, 4) is 11.5 Å². The molecule has 2 aliphatic rings. The van der Waals surface area contributed by atoms with Crippen LogP contribution in [0.4, 0.5) is 0 Å². The van der Waals surface area contributed by atoms with E-state index in [2.05, 4.69) is 65.8 Å². The summed E-state index contributed by atoms with van der Waals surface area (Å²) < 4.78 is 12.4. The summed E-state index contributed by atoms with van der Waals surface area (Å²) in [4.78, 5) is 0. The van der Waals surface area contributed by atoms with E-state index in [-0.39, 0.29) is 16.2 Å². The van der Waals surface area contributed by atoms with Crippen molar-refractivity contribution in [2.24, 2.45) is 0 Å².